The predicted molar refractivity (Wildman–Crippen MR) is 93.7 cm³/mol. The van der Waals surface area contributed by atoms with Crippen molar-refractivity contribution < 1.29 is 21.6 Å². The van der Waals surface area contributed by atoms with Crippen LogP contribution in [0.5, 0.6) is 0 Å². The van der Waals surface area contributed by atoms with Crippen molar-refractivity contribution in [2.24, 2.45) is 0 Å². The Kier molecular flexibility index (Phi) is 3.55. The Labute approximate surface area is 145 Å². The number of hydrogen-bond acceptors (Lipinski definition) is 5. The highest BCUT2D eigenvalue weighted by Gasteiger charge is 2.37. The summed E-state index contributed by atoms with van der Waals surface area (Å²) in [5.41, 5.74) is 0.474. The molecule has 1 N–H and O–H groups in total. The Bertz CT molecular complexity index is 1090. The Morgan fingerprint density at radius 3 is 2.52 bits per heavy atom. The molecule has 0 bridgehead atoms. The first kappa shape index (κ1) is 16.3. The van der Waals surface area contributed by atoms with Gasteiger partial charge in [-0.05, 0) is 23.9 Å². The largest absolute Gasteiger partial charge is 0.351 e. The number of rotatable bonds is 3. The van der Waals surface area contributed by atoms with Crippen LogP contribution < -0.4 is 9.62 Å². The van der Waals surface area contributed by atoms with E-state index >= 15 is 0 Å². The van der Waals surface area contributed by atoms with Crippen LogP contribution in [-0.2, 0) is 24.7 Å². The van der Waals surface area contributed by atoms with Crippen molar-refractivity contribution in [3.63, 3.8) is 0 Å². The molecule has 0 unspecified atom stereocenters. The summed E-state index contributed by atoms with van der Waals surface area (Å²) in [5, 5.41) is 4.04. The Balaban J connectivity index is 1.62. The van der Waals surface area contributed by atoms with Crippen LogP contribution in [0.2, 0.25) is 0 Å². The van der Waals surface area contributed by atoms with Gasteiger partial charge < -0.3 is 5.32 Å². The molecule has 9 heteroatoms. The number of benzene rings is 2. The van der Waals surface area contributed by atoms with Gasteiger partial charge in [0.1, 0.15) is 6.54 Å². The molecule has 2 aliphatic heterocycles. The zero-order valence-corrected chi connectivity index (χ0v) is 14.8. The van der Waals surface area contributed by atoms with E-state index in [-0.39, 0.29) is 22.9 Å². The number of carbonyl (C=O) groups excluding carboxylic acids is 1. The fourth-order valence-electron chi connectivity index (χ4n) is 3.44. The van der Waals surface area contributed by atoms with Gasteiger partial charge in [0.05, 0.1) is 22.1 Å². The molecule has 0 radical (unpaired) electrons. The van der Waals surface area contributed by atoms with Gasteiger partial charge in [-0.1, -0.05) is 24.3 Å². The molecule has 1 amide bonds. The second-order valence-corrected chi connectivity index (χ2v) is 10.4. The van der Waals surface area contributed by atoms with Crippen LogP contribution in [-0.4, -0.2) is 46.8 Å². The monoisotopic (exact) mass is 380 g/mol. The molecule has 0 spiro atoms. The lowest BCUT2D eigenvalue weighted by Crippen LogP contribution is -2.43. The SMILES string of the molecule is O=C(CN1c2cccc3cccc(c23)S1(=O)=O)N[C@H]1CCS(=O)(=O)C1. The predicted octanol–water partition coefficient (Wildman–Crippen LogP) is 0.652. The Morgan fingerprint density at radius 1 is 1.12 bits per heavy atom. The molecule has 2 aromatic carbocycles. The lowest BCUT2D eigenvalue weighted by atomic mass is 10.1. The third kappa shape index (κ3) is 2.67. The maximum absolute atomic E-state index is 12.8. The van der Waals surface area contributed by atoms with Gasteiger partial charge in [0.25, 0.3) is 10.0 Å². The minimum atomic E-state index is -3.80. The van der Waals surface area contributed by atoms with Gasteiger partial charge in [-0.3, -0.25) is 9.10 Å². The first-order valence-electron chi connectivity index (χ1n) is 7.82. The lowest BCUT2D eigenvalue weighted by Gasteiger charge is -2.19. The molecule has 2 aromatic rings. The Hall–Kier alpha value is -2.13. The lowest BCUT2D eigenvalue weighted by molar-refractivity contribution is -0.120. The van der Waals surface area contributed by atoms with Gasteiger partial charge in [0.2, 0.25) is 5.91 Å². The molecule has 0 aliphatic carbocycles. The molecular weight excluding hydrogens is 364 g/mol. The number of sulfone groups is 1. The number of nitrogens with zero attached hydrogens (tertiary/aromatic N) is 1. The second kappa shape index (κ2) is 5.43. The molecule has 1 atom stereocenters. The van der Waals surface area contributed by atoms with Crippen molar-refractivity contribution in [1.29, 1.82) is 0 Å². The van der Waals surface area contributed by atoms with Crippen LogP contribution in [0, 0.1) is 0 Å². The summed E-state index contributed by atoms with van der Waals surface area (Å²) in [6, 6.07) is 9.81. The first-order valence-corrected chi connectivity index (χ1v) is 11.1. The number of carbonyl (C=O) groups is 1. The molecule has 1 fully saturated rings. The summed E-state index contributed by atoms with van der Waals surface area (Å²) in [6.45, 7) is -0.368. The molecule has 25 heavy (non-hydrogen) atoms. The average Bonchev–Trinajstić information content (AvgIpc) is 2.99. The van der Waals surface area contributed by atoms with Crippen LogP contribution >= 0.6 is 0 Å². The zero-order chi connectivity index (χ0) is 17.8. The van der Waals surface area contributed by atoms with Gasteiger partial charge in [0.15, 0.2) is 9.84 Å². The molecular formula is C16H16N2O5S2. The highest BCUT2D eigenvalue weighted by atomic mass is 32.2. The molecule has 1 saturated heterocycles. The molecule has 0 saturated carbocycles. The average molecular weight is 380 g/mol. The third-order valence-electron chi connectivity index (χ3n) is 4.57. The summed E-state index contributed by atoms with van der Waals surface area (Å²) >= 11 is 0. The van der Waals surface area contributed by atoms with E-state index in [1.807, 2.05) is 12.1 Å². The standard InChI is InChI=1S/C16H16N2O5S2/c19-15(17-12-7-8-24(20,21)10-12)9-18-13-5-1-3-11-4-2-6-14(16(11)13)25(18,22)23/h1-6,12H,7-10H2,(H,17,19)/t12-/m0/s1. The van der Waals surface area contributed by atoms with Crippen molar-refractivity contribution in [2.75, 3.05) is 22.4 Å². The van der Waals surface area contributed by atoms with Gasteiger partial charge in [-0.15, -0.1) is 0 Å². The van der Waals surface area contributed by atoms with Crippen molar-refractivity contribution in [1.82, 2.24) is 5.32 Å². The molecule has 2 heterocycles. The molecule has 7 nitrogen and oxygen atoms in total. The number of hydrogen-bond donors (Lipinski definition) is 1. The first-order chi connectivity index (χ1) is 11.8. The van der Waals surface area contributed by atoms with E-state index in [1.165, 1.54) is 6.07 Å². The Morgan fingerprint density at radius 2 is 1.84 bits per heavy atom. The van der Waals surface area contributed by atoms with Crippen LogP contribution in [0.4, 0.5) is 5.69 Å². The topological polar surface area (TPSA) is 101 Å². The summed E-state index contributed by atoms with van der Waals surface area (Å²) in [7, 11) is -6.91. The van der Waals surface area contributed by atoms with Crippen molar-refractivity contribution in [2.45, 2.75) is 17.4 Å². The van der Waals surface area contributed by atoms with Crippen LogP contribution in [0.1, 0.15) is 6.42 Å². The van der Waals surface area contributed by atoms with E-state index in [2.05, 4.69) is 5.32 Å². The van der Waals surface area contributed by atoms with E-state index in [9.17, 15) is 21.6 Å². The zero-order valence-electron chi connectivity index (χ0n) is 13.2. The summed E-state index contributed by atoms with van der Waals surface area (Å²) in [6.07, 6.45) is 0.358. The fourth-order valence-corrected chi connectivity index (χ4v) is 6.78. The quantitative estimate of drug-likeness (QED) is 0.843. The van der Waals surface area contributed by atoms with E-state index in [4.69, 9.17) is 0 Å². The number of nitrogens with one attached hydrogen (secondary N) is 1. The highest BCUT2D eigenvalue weighted by Crippen LogP contribution is 2.41. The van der Waals surface area contributed by atoms with Gasteiger partial charge >= 0.3 is 0 Å². The van der Waals surface area contributed by atoms with E-state index in [0.717, 1.165) is 9.69 Å². The second-order valence-electron chi connectivity index (χ2n) is 6.31. The minimum Gasteiger partial charge on any atom is -0.351 e. The highest BCUT2D eigenvalue weighted by molar-refractivity contribution is 7.93. The number of amides is 1. The minimum absolute atomic E-state index is 0.0463. The number of sulfonamides is 1. The molecule has 2 aliphatic rings. The van der Waals surface area contributed by atoms with Gasteiger partial charge in [-0.25, -0.2) is 16.8 Å². The maximum Gasteiger partial charge on any atom is 0.265 e. The van der Waals surface area contributed by atoms with E-state index in [0.29, 0.717) is 17.5 Å². The summed E-state index contributed by atoms with van der Waals surface area (Å²) < 4.78 is 49.6. The smallest absolute Gasteiger partial charge is 0.265 e. The van der Waals surface area contributed by atoms with Crippen LogP contribution in [0.3, 0.4) is 0 Å². The van der Waals surface area contributed by atoms with E-state index in [1.54, 1.807) is 18.2 Å². The van der Waals surface area contributed by atoms with Crippen molar-refractivity contribution in [3.05, 3.63) is 36.4 Å². The van der Waals surface area contributed by atoms with Crippen molar-refractivity contribution >= 4 is 42.2 Å². The molecule has 4 rings (SSSR count). The van der Waals surface area contributed by atoms with Crippen LogP contribution in [0.25, 0.3) is 10.8 Å². The molecule has 0 aromatic heterocycles. The summed E-state index contributed by atoms with van der Waals surface area (Å²) in [5.74, 6) is -0.554. The number of anilines is 1. The van der Waals surface area contributed by atoms with Gasteiger partial charge in [-0.2, -0.15) is 0 Å². The summed E-state index contributed by atoms with van der Waals surface area (Å²) in [4.78, 5) is 12.5. The van der Waals surface area contributed by atoms with Crippen LogP contribution in [0.15, 0.2) is 41.3 Å². The maximum atomic E-state index is 12.8. The van der Waals surface area contributed by atoms with Gasteiger partial charge in [0, 0.05) is 11.4 Å². The van der Waals surface area contributed by atoms with E-state index < -0.39 is 31.8 Å². The fraction of sp³-hybridized carbons (Fsp3) is 0.312. The van der Waals surface area contributed by atoms with Crippen molar-refractivity contribution in [3.8, 4) is 0 Å². The normalized spacial score (nSPS) is 23.0. The molecule has 132 valence electrons. The third-order valence-corrected chi connectivity index (χ3v) is 8.14.